The highest BCUT2D eigenvalue weighted by Crippen LogP contribution is 2.24. The first-order valence-corrected chi connectivity index (χ1v) is 6.71. The molecular weight excluding hydrogens is 256 g/mol. The van der Waals surface area contributed by atoms with Crippen LogP contribution in [0.4, 0.5) is 5.82 Å². The van der Waals surface area contributed by atoms with Crippen LogP contribution in [-0.4, -0.2) is 20.2 Å². The molecule has 2 aromatic rings. The van der Waals surface area contributed by atoms with Crippen LogP contribution in [0.5, 0.6) is 0 Å². The Kier molecular flexibility index (Phi) is 3.87. The highest BCUT2D eigenvalue weighted by molar-refractivity contribution is 8.00. The van der Waals surface area contributed by atoms with Crippen LogP contribution in [0.3, 0.4) is 0 Å². The molecule has 2 rings (SSSR count). The zero-order valence-corrected chi connectivity index (χ0v) is 11.1. The van der Waals surface area contributed by atoms with Crippen molar-refractivity contribution in [2.24, 2.45) is 5.84 Å². The van der Waals surface area contributed by atoms with Crippen molar-refractivity contribution in [1.82, 2.24) is 20.2 Å². The summed E-state index contributed by atoms with van der Waals surface area (Å²) in [6.45, 7) is 3.84. The summed E-state index contributed by atoms with van der Waals surface area (Å²) in [5.74, 6) is 7.35. The van der Waals surface area contributed by atoms with E-state index in [1.807, 2.05) is 13.8 Å². The van der Waals surface area contributed by atoms with E-state index in [1.165, 1.54) is 0 Å². The van der Waals surface area contributed by atoms with Gasteiger partial charge >= 0.3 is 0 Å². The van der Waals surface area contributed by atoms with Crippen LogP contribution >= 0.6 is 23.1 Å². The summed E-state index contributed by atoms with van der Waals surface area (Å²) in [5.41, 5.74) is 3.41. The number of hydrazine groups is 1. The number of anilines is 1. The number of aryl methyl sites for hydroxylation is 2. The molecule has 0 fully saturated rings. The van der Waals surface area contributed by atoms with Gasteiger partial charge in [0.05, 0.1) is 5.75 Å². The summed E-state index contributed by atoms with van der Waals surface area (Å²) in [7, 11) is 0. The molecule has 0 aromatic carbocycles. The van der Waals surface area contributed by atoms with E-state index < -0.39 is 0 Å². The van der Waals surface area contributed by atoms with Crippen molar-refractivity contribution in [3.8, 4) is 0 Å². The zero-order valence-electron chi connectivity index (χ0n) is 9.47. The van der Waals surface area contributed by atoms with Crippen LogP contribution in [0.2, 0.25) is 0 Å². The van der Waals surface area contributed by atoms with Crippen molar-refractivity contribution < 1.29 is 0 Å². The Morgan fingerprint density at radius 2 is 2.18 bits per heavy atom. The lowest BCUT2D eigenvalue weighted by molar-refractivity contribution is 0.971. The van der Waals surface area contributed by atoms with Crippen LogP contribution in [-0.2, 0) is 5.75 Å². The number of hydrogen-bond acceptors (Lipinski definition) is 8. The number of aromatic nitrogens is 4. The van der Waals surface area contributed by atoms with Gasteiger partial charge in [0.1, 0.15) is 16.6 Å². The van der Waals surface area contributed by atoms with Crippen LogP contribution in [0.1, 0.15) is 16.5 Å². The molecule has 0 aliphatic rings. The maximum atomic E-state index is 5.33. The number of nitrogens with two attached hydrogens (primary N) is 1. The minimum atomic E-state index is 0.626. The predicted molar refractivity (Wildman–Crippen MR) is 68.8 cm³/mol. The first-order valence-electron chi connectivity index (χ1n) is 4.91. The van der Waals surface area contributed by atoms with Gasteiger partial charge in [0.25, 0.3) is 0 Å². The van der Waals surface area contributed by atoms with Crippen LogP contribution in [0, 0.1) is 13.8 Å². The fourth-order valence-corrected chi connectivity index (χ4v) is 2.90. The molecule has 6 nitrogen and oxygen atoms in total. The molecule has 17 heavy (non-hydrogen) atoms. The molecule has 90 valence electrons. The van der Waals surface area contributed by atoms with E-state index in [9.17, 15) is 0 Å². The molecule has 0 radical (unpaired) electrons. The number of thioether (sulfide) groups is 1. The van der Waals surface area contributed by atoms with Gasteiger partial charge in [-0.15, -0.1) is 10.2 Å². The SMILES string of the molecule is Cc1cc(NN)nc(CSc2nnc(C)s2)n1. The van der Waals surface area contributed by atoms with Crippen molar-refractivity contribution in [2.45, 2.75) is 23.9 Å². The minimum absolute atomic E-state index is 0.626. The second kappa shape index (κ2) is 5.39. The Hall–Kier alpha value is -1.25. The number of nitrogens with zero attached hydrogens (tertiary/aromatic N) is 4. The predicted octanol–water partition coefficient (Wildman–Crippen LogP) is 1.52. The summed E-state index contributed by atoms with van der Waals surface area (Å²) in [6, 6.07) is 1.79. The van der Waals surface area contributed by atoms with Gasteiger partial charge in [0, 0.05) is 11.8 Å². The largest absolute Gasteiger partial charge is 0.308 e. The third kappa shape index (κ3) is 3.35. The Bertz CT molecular complexity index is 512. The lowest BCUT2D eigenvalue weighted by Crippen LogP contribution is -2.10. The number of rotatable bonds is 4. The first kappa shape index (κ1) is 12.2. The van der Waals surface area contributed by atoms with E-state index in [4.69, 9.17) is 5.84 Å². The summed E-state index contributed by atoms with van der Waals surface area (Å²) in [6.07, 6.45) is 0. The Morgan fingerprint density at radius 1 is 1.35 bits per heavy atom. The monoisotopic (exact) mass is 268 g/mol. The van der Waals surface area contributed by atoms with E-state index in [0.29, 0.717) is 11.6 Å². The molecule has 3 N–H and O–H groups in total. The molecule has 0 saturated carbocycles. The van der Waals surface area contributed by atoms with E-state index in [1.54, 1.807) is 29.2 Å². The quantitative estimate of drug-likeness (QED) is 0.493. The third-order valence-corrected chi connectivity index (χ3v) is 3.85. The maximum Gasteiger partial charge on any atom is 0.174 e. The van der Waals surface area contributed by atoms with Crippen LogP contribution < -0.4 is 11.3 Å². The topological polar surface area (TPSA) is 89.6 Å². The molecule has 0 atom stereocenters. The minimum Gasteiger partial charge on any atom is -0.308 e. The normalized spacial score (nSPS) is 10.5. The molecule has 0 saturated heterocycles. The smallest absolute Gasteiger partial charge is 0.174 e. The van der Waals surface area contributed by atoms with Gasteiger partial charge in [-0.05, 0) is 13.8 Å². The van der Waals surface area contributed by atoms with Crippen molar-refractivity contribution >= 4 is 28.9 Å². The first-order chi connectivity index (χ1) is 8.17. The van der Waals surface area contributed by atoms with Crippen molar-refractivity contribution in [2.75, 3.05) is 5.43 Å². The van der Waals surface area contributed by atoms with Crippen LogP contribution in [0.15, 0.2) is 10.4 Å². The second-order valence-corrected chi connectivity index (χ2v) is 5.73. The average molecular weight is 268 g/mol. The molecule has 2 aromatic heterocycles. The third-order valence-electron chi connectivity index (χ3n) is 1.88. The lowest BCUT2D eigenvalue weighted by Gasteiger charge is -2.03. The van der Waals surface area contributed by atoms with Crippen molar-refractivity contribution in [1.29, 1.82) is 0 Å². The molecule has 0 aliphatic carbocycles. The van der Waals surface area contributed by atoms with Gasteiger partial charge in [-0.1, -0.05) is 23.1 Å². The number of nitrogens with one attached hydrogen (secondary N) is 1. The standard InChI is InChI=1S/C9H12N6S2/c1-5-3-7(13-10)12-8(11-5)4-16-9-15-14-6(2)17-9/h3H,4,10H2,1-2H3,(H,11,12,13). The van der Waals surface area contributed by atoms with E-state index in [2.05, 4.69) is 25.6 Å². The molecule has 2 heterocycles. The van der Waals surface area contributed by atoms with Gasteiger partial charge in [0.2, 0.25) is 0 Å². The van der Waals surface area contributed by atoms with E-state index >= 15 is 0 Å². The summed E-state index contributed by atoms with van der Waals surface area (Å²) >= 11 is 3.14. The molecule has 0 bridgehead atoms. The van der Waals surface area contributed by atoms with Gasteiger partial charge in [0.15, 0.2) is 4.34 Å². The number of nitrogen functional groups attached to an aromatic ring is 1. The highest BCUT2D eigenvalue weighted by atomic mass is 32.2. The Labute approximate surface area is 107 Å². The van der Waals surface area contributed by atoms with Gasteiger partial charge in [-0.3, -0.25) is 0 Å². The fourth-order valence-electron chi connectivity index (χ4n) is 1.23. The maximum absolute atomic E-state index is 5.33. The molecule has 8 heteroatoms. The summed E-state index contributed by atoms with van der Waals surface area (Å²) in [4.78, 5) is 8.59. The molecule has 0 unspecified atom stereocenters. The van der Waals surface area contributed by atoms with Crippen LogP contribution in [0.25, 0.3) is 0 Å². The fraction of sp³-hybridized carbons (Fsp3) is 0.333. The molecule has 0 spiro atoms. The van der Waals surface area contributed by atoms with Gasteiger partial charge in [-0.2, -0.15) is 0 Å². The molecular formula is C9H12N6S2. The van der Waals surface area contributed by atoms with E-state index in [0.717, 1.165) is 20.9 Å². The van der Waals surface area contributed by atoms with Gasteiger partial charge in [-0.25, -0.2) is 15.8 Å². The highest BCUT2D eigenvalue weighted by Gasteiger charge is 2.05. The Balaban J connectivity index is 2.05. The summed E-state index contributed by atoms with van der Waals surface area (Å²) < 4.78 is 0.926. The van der Waals surface area contributed by atoms with E-state index in [-0.39, 0.29) is 0 Å². The summed E-state index contributed by atoms with van der Waals surface area (Å²) in [5, 5.41) is 8.95. The second-order valence-electron chi connectivity index (χ2n) is 3.33. The lowest BCUT2D eigenvalue weighted by atomic mass is 10.4. The van der Waals surface area contributed by atoms with Crippen molar-refractivity contribution in [3.05, 3.63) is 22.6 Å². The van der Waals surface area contributed by atoms with Crippen molar-refractivity contribution in [3.63, 3.8) is 0 Å². The zero-order chi connectivity index (χ0) is 12.3. The average Bonchev–Trinajstić information content (AvgIpc) is 2.72. The molecule has 0 aliphatic heterocycles. The number of hydrogen-bond donors (Lipinski definition) is 2. The Morgan fingerprint density at radius 3 is 2.82 bits per heavy atom. The van der Waals surface area contributed by atoms with Gasteiger partial charge < -0.3 is 5.43 Å². The molecule has 0 amide bonds.